The molecule has 2 aliphatic rings. The fourth-order valence-corrected chi connectivity index (χ4v) is 5.77. The zero-order valence-electron chi connectivity index (χ0n) is 21.8. The van der Waals surface area contributed by atoms with E-state index in [0.717, 1.165) is 56.1 Å². The number of nitrogens with zero attached hydrogens (tertiary/aromatic N) is 1. The Hall–Kier alpha value is -2.98. The molecule has 1 aliphatic heterocycles. The third-order valence-electron chi connectivity index (χ3n) is 7.88. The second-order valence-electron chi connectivity index (χ2n) is 10.2. The zero-order valence-corrected chi connectivity index (χ0v) is 21.8. The summed E-state index contributed by atoms with van der Waals surface area (Å²) in [4.78, 5) is 2.52. The van der Waals surface area contributed by atoms with Gasteiger partial charge in [0.15, 0.2) is 0 Å². The molecule has 0 N–H and O–H groups in total. The predicted molar refractivity (Wildman–Crippen MR) is 146 cm³/mol. The maximum atomic E-state index is 6.05. The second-order valence-corrected chi connectivity index (χ2v) is 10.2. The minimum Gasteiger partial charge on any atom is -0.497 e. The van der Waals surface area contributed by atoms with E-state index in [1.54, 1.807) is 14.2 Å². The maximum Gasteiger partial charge on any atom is 0.119 e. The average Bonchev–Trinajstić information content (AvgIpc) is 2.94. The summed E-state index contributed by atoms with van der Waals surface area (Å²) in [6, 6.07) is 21.8. The van der Waals surface area contributed by atoms with Crippen LogP contribution in [0.25, 0.3) is 0 Å². The first-order chi connectivity index (χ1) is 17.7. The summed E-state index contributed by atoms with van der Waals surface area (Å²) in [5.41, 5.74) is 6.95. The summed E-state index contributed by atoms with van der Waals surface area (Å²) in [5, 5.41) is 0. The molecule has 0 saturated carbocycles. The molecule has 1 saturated heterocycles. The molecule has 0 amide bonds. The van der Waals surface area contributed by atoms with Gasteiger partial charge in [-0.25, -0.2) is 0 Å². The Morgan fingerprint density at radius 1 is 0.778 bits per heavy atom. The van der Waals surface area contributed by atoms with Crippen LogP contribution in [-0.2, 0) is 19.3 Å². The second kappa shape index (κ2) is 11.8. The SMILES string of the molecule is COc1ccc2c(c1)CC(c1cc(OC)ccc1Cc1ccc(OCCN3CCCCC3)cc1)CC2. The smallest absolute Gasteiger partial charge is 0.119 e. The van der Waals surface area contributed by atoms with Crippen molar-refractivity contribution in [2.45, 2.75) is 50.9 Å². The molecule has 190 valence electrons. The molecule has 3 aromatic carbocycles. The van der Waals surface area contributed by atoms with Crippen LogP contribution in [-0.4, -0.2) is 45.4 Å². The van der Waals surface area contributed by atoms with E-state index in [4.69, 9.17) is 14.2 Å². The molecular weight excluding hydrogens is 446 g/mol. The molecule has 0 radical (unpaired) electrons. The predicted octanol–water partition coefficient (Wildman–Crippen LogP) is 6.43. The Balaban J connectivity index is 1.26. The van der Waals surface area contributed by atoms with Crippen molar-refractivity contribution in [1.29, 1.82) is 0 Å². The summed E-state index contributed by atoms with van der Waals surface area (Å²) >= 11 is 0. The van der Waals surface area contributed by atoms with Crippen molar-refractivity contribution in [2.24, 2.45) is 0 Å². The van der Waals surface area contributed by atoms with E-state index in [0.29, 0.717) is 5.92 Å². The van der Waals surface area contributed by atoms with Crippen LogP contribution in [0.2, 0.25) is 0 Å². The number of benzene rings is 3. The Labute approximate surface area is 216 Å². The van der Waals surface area contributed by atoms with Gasteiger partial charge in [-0.15, -0.1) is 0 Å². The highest BCUT2D eigenvalue weighted by Gasteiger charge is 2.23. The molecule has 3 aromatic rings. The number of fused-ring (bicyclic) bond motifs is 1. The highest BCUT2D eigenvalue weighted by molar-refractivity contribution is 5.45. The van der Waals surface area contributed by atoms with Crippen molar-refractivity contribution in [3.63, 3.8) is 0 Å². The molecule has 1 heterocycles. The van der Waals surface area contributed by atoms with Crippen LogP contribution in [0.5, 0.6) is 17.2 Å². The number of aryl methyl sites for hydroxylation is 1. The highest BCUT2D eigenvalue weighted by atomic mass is 16.5. The van der Waals surface area contributed by atoms with Crippen molar-refractivity contribution in [2.75, 3.05) is 40.5 Å². The van der Waals surface area contributed by atoms with Gasteiger partial charge in [0.1, 0.15) is 23.9 Å². The van der Waals surface area contributed by atoms with Gasteiger partial charge in [0, 0.05) is 6.54 Å². The van der Waals surface area contributed by atoms with E-state index in [2.05, 4.69) is 65.6 Å². The number of ether oxygens (including phenoxy) is 3. The van der Waals surface area contributed by atoms with Crippen LogP contribution in [0.4, 0.5) is 0 Å². The normalized spacial score (nSPS) is 17.9. The molecule has 1 atom stereocenters. The highest BCUT2D eigenvalue weighted by Crippen LogP contribution is 2.37. The molecule has 4 nitrogen and oxygen atoms in total. The van der Waals surface area contributed by atoms with Crippen molar-refractivity contribution in [1.82, 2.24) is 4.90 Å². The van der Waals surface area contributed by atoms with E-state index in [-0.39, 0.29) is 0 Å². The van der Waals surface area contributed by atoms with E-state index in [1.165, 1.54) is 60.2 Å². The summed E-state index contributed by atoms with van der Waals surface area (Å²) < 4.78 is 17.2. The largest absolute Gasteiger partial charge is 0.497 e. The fourth-order valence-electron chi connectivity index (χ4n) is 5.77. The van der Waals surface area contributed by atoms with Crippen LogP contribution in [0.1, 0.15) is 59.4 Å². The molecule has 4 heteroatoms. The van der Waals surface area contributed by atoms with Crippen molar-refractivity contribution < 1.29 is 14.2 Å². The van der Waals surface area contributed by atoms with Gasteiger partial charge in [-0.1, -0.05) is 30.7 Å². The summed E-state index contributed by atoms with van der Waals surface area (Å²) in [5.74, 6) is 3.32. The van der Waals surface area contributed by atoms with Crippen molar-refractivity contribution in [3.05, 3.63) is 88.5 Å². The van der Waals surface area contributed by atoms with Crippen LogP contribution < -0.4 is 14.2 Å². The third-order valence-corrected chi connectivity index (χ3v) is 7.88. The first kappa shape index (κ1) is 24.7. The number of rotatable bonds is 9. The van der Waals surface area contributed by atoms with Crippen LogP contribution in [0.3, 0.4) is 0 Å². The van der Waals surface area contributed by atoms with Crippen molar-refractivity contribution >= 4 is 0 Å². The minimum absolute atomic E-state index is 0.479. The Kier molecular flexibility index (Phi) is 8.12. The average molecular weight is 486 g/mol. The number of likely N-dealkylation sites (tertiary alicyclic amines) is 1. The topological polar surface area (TPSA) is 30.9 Å². The van der Waals surface area contributed by atoms with Crippen LogP contribution >= 0.6 is 0 Å². The number of piperidine rings is 1. The molecule has 0 aromatic heterocycles. The van der Waals surface area contributed by atoms with Gasteiger partial charge in [-0.2, -0.15) is 0 Å². The lowest BCUT2D eigenvalue weighted by molar-refractivity contribution is 0.183. The van der Waals surface area contributed by atoms with Gasteiger partial charge in [0.05, 0.1) is 14.2 Å². The number of hydrogen-bond donors (Lipinski definition) is 0. The van der Waals surface area contributed by atoms with E-state index in [9.17, 15) is 0 Å². The zero-order chi connectivity index (χ0) is 24.7. The third kappa shape index (κ3) is 6.04. The lowest BCUT2D eigenvalue weighted by atomic mass is 9.78. The Morgan fingerprint density at radius 2 is 1.50 bits per heavy atom. The summed E-state index contributed by atoms with van der Waals surface area (Å²) in [7, 11) is 3.50. The van der Waals surface area contributed by atoms with Gasteiger partial charge in [-0.3, -0.25) is 4.90 Å². The molecule has 5 rings (SSSR count). The molecule has 0 bridgehead atoms. The Morgan fingerprint density at radius 3 is 2.28 bits per heavy atom. The fraction of sp³-hybridized carbons (Fsp3) is 0.438. The standard InChI is InChI=1S/C32H39NO3/c1-34-30-14-10-25-8-9-27(21-28(25)22-30)32-23-31(35-2)15-11-26(32)20-24-6-12-29(13-7-24)36-19-18-33-16-4-3-5-17-33/h6-7,10-15,22-23,27H,3-5,8-9,16-21H2,1-2H3. The summed E-state index contributed by atoms with van der Waals surface area (Å²) in [6.07, 6.45) is 8.23. The van der Waals surface area contributed by atoms with Gasteiger partial charge in [-0.05, 0) is 122 Å². The molecule has 1 unspecified atom stereocenters. The van der Waals surface area contributed by atoms with Crippen LogP contribution in [0, 0.1) is 0 Å². The monoisotopic (exact) mass is 485 g/mol. The summed E-state index contributed by atoms with van der Waals surface area (Å²) in [6.45, 7) is 4.21. The first-order valence-electron chi connectivity index (χ1n) is 13.5. The van der Waals surface area contributed by atoms with Gasteiger partial charge in [0.2, 0.25) is 0 Å². The minimum atomic E-state index is 0.479. The van der Waals surface area contributed by atoms with Gasteiger partial charge in [0.25, 0.3) is 0 Å². The number of methoxy groups -OCH3 is 2. The van der Waals surface area contributed by atoms with Gasteiger partial charge >= 0.3 is 0 Å². The lowest BCUT2D eigenvalue weighted by Crippen LogP contribution is -2.33. The Bertz CT molecular complexity index is 1130. The number of hydrogen-bond acceptors (Lipinski definition) is 4. The molecule has 1 fully saturated rings. The van der Waals surface area contributed by atoms with E-state index in [1.807, 2.05) is 0 Å². The van der Waals surface area contributed by atoms with Crippen LogP contribution in [0.15, 0.2) is 60.7 Å². The molecule has 1 aliphatic carbocycles. The molecule has 0 spiro atoms. The van der Waals surface area contributed by atoms with E-state index >= 15 is 0 Å². The molecular formula is C32H39NO3. The quantitative estimate of drug-likeness (QED) is 0.349. The first-order valence-corrected chi connectivity index (χ1v) is 13.5. The van der Waals surface area contributed by atoms with E-state index < -0.39 is 0 Å². The lowest BCUT2D eigenvalue weighted by Gasteiger charge is -2.27. The van der Waals surface area contributed by atoms with Gasteiger partial charge < -0.3 is 14.2 Å². The maximum absolute atomic E-state index is 6.05. The molecule has 36 heavy (non-hydrogen) atoms. The van der Waals surface area contributed by atoms with Crippen molar-refractivity contribution in [3.8, 4) is 17.2 Å².